The van der Waals surface area contributed by atoms with Gasteiger partial charge in [0.2, 0.25) is 0 Å². The van der Waals surface area contributed by atoms with Crippen LogP contribution in [0.5, 0.6) is 0 Å². The summed E-state index contributed by atoms with van der Waals surface area (Å²) in [5.41, 5.74) is 2.89. The number of allylic oxidation sites excluding steroid dienone is 1. The van der Waals surface area contributed by atoms with Crippen molar-refractivity contribution < 1.29 is 0 Å². The maximum atomic E-state index is 3.37. The van der Waals surface area contributed by atoms with E-state index in [0.29, 0.717) is 0 Å². The topological polar surface area (TPSA) is 0 Å². The Bertz CT molecular complexity index is 301. The first kappa shape index (κ1) is 11.5. The van der Waals surface area contributed by atoms with Crippen LogP contribution in [0.25, 0.3) is 6.08 Å². The Morgan fingerprint density at radius 3 is 2.14 bits per heavy atom. The van der Waals surface area contributed by atoms with Gasteiger partial charge in [0.25, 0.3) is 0 Å². The standard InChI is InChI=1S/C13H17Br/c1-13(2,3)12-8-6-11(7-9-12)5-4-10-14/h4-9H,10H2,1-3H3/b5-4+. The molecule has 0 unspecified atom stereocenters. The Balaban J connectivity index is 2.84. The average Bonchev–Trinajstić information content (AvgIpc) is 2.14. The van der Waals surface area contributed by atoms with E-state index in [1.807, 2.05) is 0 Å². The molecule has 1 rings (SSSR count). The molecule has 0 radical (unpaired) electrons. The second-order valence-corrected chi connectivity index (χ2v) is 5.08. The van der Waals surface area contributed by atoms with Gasteiger partial charge in [0.1, 0.15) is 0 Å². The molecule has 0 fully saturated rings. The SMILES string of the molecule is CC(C)(C)c1ccc(/C=C/CBr)cc1. The highest BCUT2D eigenvalue weighted by atomic mass is 79.9. The van der Waals surface area contributed by atoms with Crippen LogP contribution in [0, 0.1) is 0 Å². The fourth-order valence-electron chi connectivity index (χ4n) is 1.27. The van der Waals surface area contributed by atoms with Crippen molar-refractivity contribution in [2.75, 3.05) is 5.33 Å². The van der Waals surface area contributed by atoms with Crippen LogP contribution in [0.4, 0.5) is 0 Å². The summed E-state index contributed by atoms with van der Waals surface area (Å²) in [7, 11) is 0. The molecule has 1 aromatic rings. The summed E-state index contributed by atoms with van der Waals surface area (Å²) >= 11 is 3.37. The van der Waals surface area contributed by atoms with Crippen LogP contribution in [-0.2, 0) is 5.41 Å². The molecule has 14 heavy (non-hydrogen) atoms. The molecule has 0 amide bonds. The van der Waals surface area contributed by atoms with Gasteiger partial charge in [-0.3, -0.25) is 0 Å². The Labute approximate surface area is 95.2 Å². The fraction of sp³-hybridized carbons (Fsp3) is 0.385. The maximum absolute atomic E-state index is 3.37. The molecule has 0 heterocycles. The molecule has 0 spiro atoms. The highest BCUT2D eigenvalue weighted by Crippen LogP contribution is 2.22. The van der Waals surface area contributed by atoms with Gasteiger partial charge in [-0.1, -0.05) is 73.1 Å². The summed E-state index contributed by atoms with van der Waals surface area (Å²) in [6.07, 6.45) is 4.23. The molecule has 0 saturated carbocycles. The van der Waals surface area contributed by atoms with Gasteiger partial charge < -0.3 is 0 Å². The van der Waals surface area contributed by atoms with Crippen LogP contribution in [0.15, 0.2) is 30.3 Å². The van der Waals surface area contributed by atoms with Gasteiger partial charge in [0.15, 0.2) is 0 Å². The van der Waals surface area contributed by atoms with Gasteiger partial charge in [-0.05, 0) is 16.5 Å². The molecule has 0 aliphatic carbocycles. The Morgan fingerprint density at radius 2 is 1.71 bits per heavy atom. The number of halogens is 1. The van der Waals surface area contributed by atoms with Gasteiger partial charge >= 0.3 is 0 Å². The van der Waals surface area contributed by atoms with Gasteiger partial charge in [-0.15, -0.1) is 0 Å². The zero-order valence-corrected chi connectivity index (χ0v) is 10.6. The number of hydrogen-bond acceptors (Lipinski definition) is 0. The zero-order valence-electron chi connectivity index (χ0n) is 9.05. The van der Waals surface area contributed by atoms with E-state index in [2.05, 4.69) is 73.1 Å². The summed E-state index contributed by atoms with van der Waals surface area (Å²) in [6, 6.07) is 8.74. The molecular formula is C13H17Br. The van der Waals surface area contributed by atoms with Crippen molar-refractivity contribution >= 4 is 22.0 Å². The van der Waals surface area contributed by atoms with Crippen LogP contribution in [-0.4, -0.2) is 5.33 Å². The van der Waals surface area contributed by atoms with Crippen LogP contribution < -0.4 is 0 Å². The fourth-order valence-corrected chi connectivity index (χ4v) is 1.46. The quantitative estimate of drug-likeness (QED) is 0.685. The normalized spacial score (nSPS) is 12.3. The third-order valence-corrected chi connectivity index (χ3v) is 2.55. The monoisotopic (exact) mass is 252 g/mol. The lowest BCUT2D eigenvalue weighted by Gasteiger charge is -2.18. The van der Waals surface area contributed by atoms with Crippen LogP contribution in [0.3, 0.4) is 0 Å². The Kier molecular flexibility index (Phi) is 3.94. The molecule has 1 heteroatoms. The van der Waals surface area contributed by atoms with Crippen molar-refractivity contribution in [2.45, 2.75) is 26.2 Å². The molecule has 0 atom stereocenters. The minimum Gasteiger partial charge on any atom is -0.0883 e. The lowest BCUT2D eigenvalue weighted by Crippen LogP contribution is -2.10. The van der Waals surface area contributed by atoms with Crippen molar-refractivity contribution in [1.29, 1.82) is 0 Å². The molecule has 0 nitrogen and oxygen atoms in total. The zero-order chi connectivity index (χ0) is 10.6. The van der Waals surface area contributed by atoms with Crippen LogP contribution in [0.2, 0.25) is 0 Å². The second kappa shape index (κ2) is 4.79. The predicted octanol–water partition coefficient (Wildman–Crippen LogP) is 4.39. The first-order chi connectivity index (χ1) is 6.54. The van der Waals surface area contributed by atoms with Gasteiger partial charge in [-0.2, -0.15) is 0 Å². The van der Waals surface area contributed by atoms with E-state index in [1.165, 1.54) is 11.1 Å². The molecule has 0 bridgehead atoms. The molecular weight excluding hydrogens is 236 g/mol. The van der Waals surface area contributed by atoms with Gasteiger partial charge in [0, 0.05) is 5.33 Å². The van der Waals surface area contributed by atoms with E-state index in [9.17, 15) is 0 Å². The van der Waals surface area contributed by atoms with Crippen molar-refractivity contribution in [3.05, 3.63) is 41.5 Å². The molecule has 0 aliphatic rings. The number of hydrogen-bond donors (Lipinski definition) is 0. The summed E-state index contributed by atoms with van der Waals surface area (Å²) in [5.74, 6) is 0. The lowest BCUT2D eigenvalue weighted by molar-refractivity contribution is 0.590. The molecule has 0 aromatic heterocycles. The lowest BCUT2D eigenvalue weighted by atomic mass is 9.87. The summed E-state index contributed by atoms with van der Waals surface area (Å²) in [4.78, 5) is 0. The Morgan fingerprint density at radius 1 is 1.14 bits per heavy atom. The second-order valence-electron chi connectivity index (χ2n) is 4.43. The summed E-state index contributed by atoms with van der Waals surface area (Å²) < 4.78 is 0. The molecule has 0 saturated heterocycles. The highest BCUT2D eigenvalue weighted by molar-refractivity contribution is 9.09. The van der Waals surface area contributed by atoms with E-state index in [-0.39, 0.29) is 5.41 Å². The van der Waals surface area contributed by atoms with Gasteiger partial charge in [0.05, 0.1) is 0 Å². The third-order valence-electron chi connectivity index (χ3n) is 2.18. The largest absolute Gasteiger partial charge is 0.0883 e. The van der Waals surface area contributed by atoms with E-state index in [1.54, 1.807) is 0 Å². The smallest absolute Gasteiger partial charge is 0.0215 e. The molecule has 76 valence electrons. The first-order valence-corrected chi connectivity index (χ1v) is 5.99. The van der Waals surface area contributed by atoms with Crippen molar-refractivity contribution in [1.82, 2.24) is 0 Å². The highest BCUT2D eigenvalue weighted by Gasteiger charge is 2.12. The number of benzene rings is 1. The minimum atomic E-state index is 0.248. The number of alkyl halides is 1. The first-order valence-electron chi connectivity index (χ1n) is 4.87. The summed E-state index contributed by atoms with van der Waals surface area (Å²) in [6.45, 7) is 6.70. The summed E-state index contributed by atoms with van der Waals surface area (Å²) in [5, 5.41) is 0.911. The minimum absolute atomic E-state index is 0.248. The number of rotatable bonds is 2. The van der Waals surface area contributed by atoms with Crippen molar-refractivity contribution in [3.8, 4) is 0 Å². The van der Waals surface area contributed by atoms with E-state index in [0.717, 1.165) is 5.33 Å². The molecule has 0 aliphatic heterocycles. The van der Waals surface area contributed by atoms with Crippen molar-refractivity contribution in [2.24, 2.45) is 0 Å². The van der Waals surface area contributed by atoms with Crippen LogP contribution >= 0.6 is 15.9 Å². The molecule has 0 N–H and O–H groups in total. The van der Waals surface area contributed by atoms with E-state index < -0.39 is 0 Å². The third kappa shape index (κ3) is 3.30. The van der Waals surface area contributed by atoms with Crippen molar-refractivity contribution in [3.63, 3.8) is 0 Å². The molecule has 1 aromatic carbocycles. The Hall–Kier alpha value is -0.560. The average molecular weight is 253 g/mol. The van der Waals surface area contributed by atoms with E-state index >= 15 is 0 Å². The van der Waals surface area contributed by atoms with Crippen LogP contribution in [0.1, 0.15) is 31.9 Å². The predicted molar refractivity (Wildman–Crippen MR) is 68.0 cm³/mol. The maximum Gasteiger partial charge on any atom is 0.0215 e. The van der Waals surface area contributed by atoms with E-state index in [4.69, 9.17) is 0 Å². The van der Waals surface area contributed by atoms with Gasteiger partial charge in [-0.25, -0.2) is 0 Å².